The molecule has 0 atom stereocenters. The Bertz CT molecular complexity index is 1200. The van der Waals surface area contributed by atoms with Crippen molar-refractivity contribution in [1.29, 1.82) is 0 Å². The molecule has 4 nitrogen and oxygen atoms in total. The lowest BCUT2D eigenvalue weighted by atomic mass is 9.91. The van der Waals surface area contributed by atoms with Crippen LogP contribution in [0.3, 0.4) is 0 Å². The van der Waals surface area contributed by atoms with Crippen LogP contribution in [-0.4, -0.2) is 21.2 Å². The summed E-state index contributed by atoms with van der Waals surface area (Å²) in [5.74, 6) is 0.340. The first kappa shape index (κ1) is 23.0. The van der Waals surface area contributed by atoms with E-state index >= 15 is 0 Å². The number of carbonyl (C=O) groups is 2. The molecule has 1 aromatic heterocycles. The molecule has 4 heteroatoms. The molecule has 0 spiro atoms. The zero-order valence-electron chi connectivity index (χ0n) is 19.7. The Hall–Kier alpha value is -3.14. The summed E-state index contributed by atoms with van der Waals surface area (Å²) < 4.78 is 2.31. The molecule has 0 radical (unpaired) electrons. The van der Waals surface area contributed by atoms with Gasteiger partial charge in [-0.25, -0.2) is 0 Å². The molecular weight excluding hydrogens is 410 g/mol. The van der Waals surface area contributed by atoms with E-state index in [4.69, 9.17) is 0 Å². The van der Waals surface area contributed by atoms with E-state index in [9.17, 15) is 14.7 Å². The van der Waals surface area contributed by atoms with Gasteiger partial charge in [0.25, 0.3) is 0 Å². The van der Waals surface area contributed by atoms with E-state index in [1.165, 1.54) is 37.1 Å². The fourth-order valence-corrected chi connectivity index (χ4v) is 4.92. The Morgan fingerprint density at radius 3 is 2.36 bits per heavy atom. The maximum Gasteiger partial charge on any atom is 0.193 e. The maximum absolute atomic E-state index is 13.1. The summed E-state index contributed by atoms with van der Waals surface area (Å²) in [6, 6.07) is 12.2. The summed E-state index contributed by atoms with van der Waals surface area (Å²) in [5, 5.41) is 10.6. The molecule has 0 unspecified atom stereocenters. The van der Waals surface area contributed by atoms with Crippen molar-refractivity contribution in [2.75, 3.05) is 0 Å². The van der Waals surface area contributed by atoms with Gasteiger partial charge in [-0.15, -0.1) is 0 Å². The first-order valence-corrected chi connectivity index (χ1v) is 12.3. The number of nitrogens with zero attached hydrogens (tertiary/aromatic N) is 1. The Labute approximate surface area is 195 Å². The highest BCUT2D eigenvalue weighted by Crippen LogP contribution is 2.35. The summed E-state index contributed by atoms with van der Waals surface area (Å²) in [7, 11) is 0. The van der Waals surface area contributed by atoms with Crippen LogP contribution in [0.2, 0.25) is 0 Å². The van der Waals surface area contributed by atoms with Gasteiger partial charge >= 0.3 is 0 Å². The highest BCUT2D eigenvalue weighted by atomic mass is 16.3. The molecule has 3 aromatic rings. The summed E-state index contributed by atoms with van der Waals surface area (Å²) in [6.07, 6.45) is 10.1. The average Bonchev–Trinajstić information content (AvgIpc) is 3.16. The van der Waals surface area contributed by atoms with Crippen LogP contribution in [-0.2, 0) is 17.8 Å². The molecule has 0 bridgehead atoms. The minimum Gasteiger partial charge on any atom is -0.508 e. The third kappa shape index (κ3) is 4.80. The van der Waals surface area contributed by atoms with E-state index in [0.717, 1.165) is 54.3 Å². The SMILES string of the molecule is CCCCCCCC(=O)C1=Cc2c(n(CC)c3ccc(C(=O)c4ccc(O)cc4)cc23)CC1. The number of allylic oxidation sites excluding steroid dienone is 1. The van der Waals surface area contributed by atoms with Crippen LogP contribution in [0.5, 0.6) is 5.75 Å². The molecule has 0 saturated heterocycles. The predicted molar refractivity (Wildman–Crippen MR) is 134 cm³/mol. The standard InChI is InChI=1S/C29H33NO3/c1-3-5-6-7-8-9-28(32)21-12-16-26-24(18-21)25-19-22(13-17-27(25)30(26)4-2)29(33)20-10-14-23(31)15-11-20/h10-11,13-15,17-19,31H,3-9,12,16H2,1-2H3. The molecule has 4 rings (SSSR count). The Morgan fingerprint density at radius 2 is 1.64 bits per heavy atom. The van der Waals surface area contributed by atoms with Gasteiger partial charge in [-0.1, -0.05) is 32.6 Å². The molecule has 1 aliphatic rings. The molecule has 1 aliphatic carbocycles. The zero-order valence-corrected chi connectivity index (χ0v) is 19.7. The quantitative estimate of drug-likeness (QED) is 0.275. The van der Waals surface area contributed by atoms with Crippen LogP contribution in [0.1, 0.15) is 86.0 Å². The largest absolute Gasteiger partial charge is 0.508 e. The minimum atomic E-state index is -0.0712. The summed E-state index contributed by atoms with van der Waals surface area (Å²) >= 11 is 0. The number of carbonyl (C=O) groups excluding carboxylic acids is 2. The van der Waals surface area contributed by atoms with Crippen molar-refractivity contribution < 1.29 is 14.7 Å². The van der Waals surface area contributed by atoms with Crippen LogP contribution < -0.4 is 0 Å². The number of aryl methyl sites for hydroxylation is 1. The van der Waals surface area contributed by atoms with Gasteiger partial charge in [-0.2, -0.15) is 0 Å². The monoisotopic (exact) mass is 443 g/mol. The number of phenols is 1. The minimum absolute atomic E-state index is 0.0712. The third-order valence-electron chi connectivity index (χ3n) is 6.74. The molecule has 33 heavy (non-hydrogen) atoms. The fourth-order valence-electron chi connectivity index (χ4n) is 4.92. The second-order valence-corrected chi connectivity index (χ2v) is 8.97. The summed E-state index contributed by atoms with van der Waals surface area (Å²) in [6.45, 7) is 5.19. The van der Waals surface area contributed by atoms with Crippen molar-refractivity contribution in [3.63, 3.8) is 0 Å². The van der Waals surface area contributed by atoms with E-state index in [1.54, 1.807) is 12.1 Å². The highest BCUT2D eigenvalue weighted by molar-refractivity contribution is 6.11. The van der Waals surface area contributed by atoms with Gasteiger partial charge in [0.15, 0.2) is 11.6 Å². The van der Waals surface area contributed by atoms with Crippen molar-refractivity contribution in [2.24, 2.45) is 0 Å². The number of phenolic OH excluding ortho intramolecular Hbond substituents is 1. The van der Waals surface area contributed by atoms with Crippen molar-refractivity contribution in [2.45, 2.75) is 71.8 Å². The smallest absolute Gasteiger partial charge is 0.193 e. The van der Waals surface area contributed by atoms with E-state index in [1.807, 2.05) is 18.2 Å². The van der Waals surface area contributed by atoms with Crippen molar-refractivity contribution in [3.05, 3.63) is 70.4 Å². The molecule has 2 aromatic carbocycles. The number of Topliss-reactive ketones (excluding diaryl/α,β-unsaturated/α-hetero) is 1. The van der Waals surface area contributed by atoms with Crippen LogP contribution in [0.25, 0.3) is 17.0 Å². The lowest BCUT2D eigenvalue weighted by Gasteiger charge is -2.16. The Balaban J connectivity index is 1.65. The first-order chi connectivity index (χ1) is 16.0. The number of aromatic hydroxyl groups is 1. The van der Waals surface area contributed by atoms with Gasteiger partial charge in [0, 0.05) is 46.3 Å². The molecule has 1 N–H and O–H groups in total. The predicted octanol–water partition coefficient (Wildman–Crippen LogP) is 6.86. The number of unbranched alkanes of at least 4 members (excludes halogenated alkanes) is 4. The Kier molecular flexibility index (Phi) is 7.12. The van der Waals surface area contributed by atoms with Gasteiger partial charge in [0.2, 0.25) is 0 Å². The van der Waals surface area contributed by atoms with Gasteiger partial charge in [0.1, 0.15) is 5.75 Å². The van der Waals surface area contributed by atoms with E-state index in [0.29, 0.717) is 17.5 Å². The summed E-state index contributed by atoms with van der Waals surface area (Å²) in [4.78, 5) is 25.9. The first-order valence-electron chi connectivity index (χ1n) is 12.3. The summed E-state index contributed by atoms with van der Waals surface area (Å²) in [5.41, 5.74) is 5.53. The zero-order chi connectivity index (χ0) is 23.4. The molecule has 1 heterocycles. The number of benzene rings is 2. The van der Waals surface area contributed by atoms with Crippen LogP contribution in [0.15, 0.2) is 48.0 Å². The second kappa shape index (κ2) is 10.2. The normalized spacial score (nSPS) is 13.1. The fraction of sp³-hybridized carbons (Fsp3) is 0.379. The van der Waals surface area contributed by atoms with Gasteiger partial charge < -0.3 is 9.67 Å². The van der Waals surface area contributed by atoms with Gasteiger partial charge in [-0.05, 0) is 80.3 Å². The van der Waals surface area contributed by atoms with E-state index in [2.05, 4.69) is 24.5 Å². The lowest BCUT2D eigenvalue weighted by Crippen LogP contribution is -2.10. The van der Waals surface area contributed by atoms with Gasteiger partial charge in [-0.3, -0.25) is 9.59 Å². The number of aromatic nitrogens is 1. The molecule has 0 amide bonds. The van der Waals surface area contributed by atoms with E-state index < -0.39 is 0 Å². The van der Waals surface area contributed by atoms with Crippen molar-refractivity contribution in [1.82, 2.24) is 4.57 Å². The highest BCUT2D eigenvalue weighted by Gasteiger charge is 2.23. The topological polar surface area (TPSA) is 59.3 Å². The number of hydrogen-bond acceptors (Lipinski definition) is 3. The number of ketones is 2. The molecule has 0 saturated carbocycles. The number of hydrogen-bond donors (Lipinski definition) is 1. The second-order valence-electron chi connectivity index (χ2n) is 8.97. The van der Waals surface area contributed by atoms with Gasteiger partial charge in [0.05, 0.1) is 0 Å². The van der Waals surface area contributed by atoms with Crippen molar-refractivity contribution in [3.8, 4) is 5.75 Å². The molecular formula is C29H33NO3. The van der Waals surface area contributed by atoms with Crippen LogP contribution in [0, 0.1) is 0 Å². The number of fused-ring (bicyclic) bond motifs is 3. The van der Waals surface area contributed by atoms with Crippen LogP contribution >= 0.6 is 0 Å². The Morgan fingerprint density at radius 1 is 0.909 bits per heavy atom. The van der Waals surface area contributed by atoms with Crippen LogP contribution in [0.4, 0.5) is 0 Å². The molecule has 0 aliphatic heterocycles. The van der Waals surface area contributed by atoms with Crippen molar-refractivity contribution >= 4 is 28.5 Å². The van der Waals surface area contributed by atoms with E-state index in [-0.39, 0.29) is 17.3 Å². The molecule has 0 fully saturated rings. The third-order valence-corrected chi connectivity index (χ3v) is 6.74. The average molecular weight is 444 g/mol. The maximum atomic E-state index is 13.1. The number of rotatable bonds is 10. The molecule has 172 valence electrons. The lowest BCUT2D eigenvalue weighted by molar-refractivity contribution is -0.115.